The first-order chi connectivity index (χ1) is 25.8. The average molecular weight is 754 g/mol. The number of aromatic nitrogens is 3. The molecule has 6 heterocycles. The van der Waals surface area contributed by atoms with Crippen LogP contribution in [0.3, 0.4) is 0 Å². The van der Waals surface area contributed by atoms with Crippen molar-refractivity contribution in [2.45, 2.75) is 62.6 Å². The molecular formula is C38H40F5N7O4. The molecule has 2 saturated heterocycles. The number of carbonyl (C=O) groups excluding carboxylic acids is 1. The van der Waals surface area contributed by atoms with Crippen molar-refractivity contribution in [3.63, 3.8) is 0 Å². The molecule has 2 aromatic heterocycles. The second-order valence-electron chi connectivity index (χ2n) is 14.2. The number of hydrogen-bond donors (Lipinski definition) is 0. The highest BCUT2D eigenvalue weighted by Crippen LogP contribution is 2.42. The van der Waals surface area contributed by atoms with E-state index in [1.165, 1.54) is 18.2 Å². The van der Waals surface area contributed by atoms with Crippen molar-refractivity contribution in [1.82, 2.24) is 19.9 Å². The van der Waals surface area contributed by atoms with E-state index < -0.39 is 29.4 Å². The van der Waals surface area contributed by atoms with Crippen LogP contribution >= 0.6 is 0 Å². The summed E-state index contributed by atoms with van der Waals surface area (Å²) in [5.41, 5.74) is -0.655. The fourth-order valence-electron chi connectivity index (χ4n) is 7.94. The Morgan fingerprint density at radius 2 is 2.04 bits per heavy atom. The zero-order valence-corrected chi connectivity index (χ0v) is 29.9. The van der Waals surface area contributed by atoms with Crippen molar-refractivity contribution in [3.05, 3.63) is 65.9 Å². The van der Waals surface area contributed by atoms with Crippen molar-refractivity contribution in [3.8, 4) is 29.9 Å². The Balaban J connectivity index is 1.19. The molecule has 2 fully saturated rings. The molecule has 1 amide bonds. The molecule has 54 heavy (non-hydrogen) atoms. The number of likely N-dealkylation sites (tertiary alicyclic amines) is 1. The lowest BCUT2D eigenvalue weighted by Gasteiger charge is -2.40. The Bertz CT molecular complexity index is 1960. The zero-order chi connectivity index (χ0) is 38.4. The number of benzene rings is 1. The van der Waals surface area contributed by atoms with Gasteiger partial charge in [0.25, 0.3) is 0 Å². The maximum Gasteiger partial charge on any atom is 0.433 e. The van der Waals surface area contributed by atoms with E-state index in [1.807, 2.05) is 16.8 Å². The van der Waals surface area contributed by atoms with E-state index in [2.05, 4.69) is 17.5 Å². The van der Waals surface area contributed by atoms with Gasteiger partial charge in [-0.05, 0) is 50.1 Å². The molecule has 0 radical (unpaired) electrons. The topological polar surface area (TPSA) is 96.4 Å². The van der Waals surface area contributed by atoms with Gasteiger partial charge in [0.15, 0.2) is 11.6 Å². The third-order valence-corrected chi connectivity index (χ3v) is 10.5. The number of fused-ring (bicyclic) bond motifs is 2. The molecule has 286 valence electrons. The molecule has 7 rings (SSSR count). The summed E-state index contributed by atoms with van der Waals surface area (Å²) in [6, 6.07) is 4.52. The van der Waals surface area contributed by atoms with Crippen molar-refractivity contribution in [1.29, 1.82) is 0 Å². The molecule has 3 aromatic rings. The Kier molecular flexibility index (Phi) is 9.92. The van der Waals surface area contributed by atoms with Gasteiger partial charge in [-0.2, -0.15) is 23.1 Å². The SMILES string of the molecule is C#Cc1c(F)ccc2c1N([C@@H]1COc3c(nc(OC[C@]4(C)C[C@@H](F)CN4c4ccc(C(F)(F)F)nc4)nc3N(C)C[C@@H]3CCCN3C(=O)C=C)C1)CCO2. The fourth-order valence-corrected chi connectivity index (χ4v) is 7.94. The maximum absolute atomic E-state index is 15.0. The zero-order valence-electron chi connectivity index (χ0n) is 29.9. The van der Waals surface area contributed by atoms with Crippen LogP contribution in [-0.2, 0) is 17.4 Å². The quantitative estimate of drug-likeness (QED) is 0.165. The maximum atomic E-state index is 15.0. The van der Waals surface area contributed by atoms with Crippen molar-refractivity contribution in [2.75, 3.05) is 67.7 Å². The molecule has 0 N–H and O–H groups in total. The van der Waals surface area contributed by atoms with Gasteiger partial charge in [-0.1, -0.05) is 12.5 Å². The summed E-state index contributed by atoms with van der Waals surface area (Å²) in [5.74, 6) is 3.08. The van der Waals surface area contributed by atoms with Crippen LogP contribution in [0.2, 0.25) is 0 Å². The number of nitrogens with zero attached hydrogens (tertiary/aromatic N) is 7. The number of pyridine rings is 1. The van der Waals surface area contributed by atoms with Crippen molar-refractivity contribution >= 4 is 23.1 Å². The number of ether oxygens (including phenoxy) is 3. The Hall–Kier alpha value is -5.33. The second-order valence-corrected chi connectivity index (χ2v) is 14.2. The lowest BCUT2D eigenvalue weighted by atomic mass is 9.99. The first kappa shape index (κ1) is 37.0. The standard InChI is InChI=1S/C38H40F5N7O4/c1-5-27-28(40)10-11-30-33(27)49(14-15-52-30)26-16-29-34(53-21-26)35(47(4)20-25-8-7-13-48(25)32(51)6-2)46-36(45-29)54-22-37(3)17-23(39)19-50(37)24-9-12-31(44-18-24)38(41,42)43/h1,6,9-12,18,23,25-26H,2,7-8,13-17,19-22H2,3-4H3/t23-,25+,26+,37+/m1/s1. The van der Waals surface area contributed by atoms with Crippen LogP contribution in [0.5, 0.6) is 17.5 Å². The van der Waals surface area contributed by atoms with Gasteiger partial charge in [0.05, 0.1) is 53.5 Å². The predicted octanol–water partition coefficient (Wildman–Crippen LogP) is 5.21. The van der Waals surface area contributed by atoms with Gasteiger partial charge in [-0.25, -0.2) is 13.8 Å². The highest BCUT2D eigenvalue weighted by molar-refractivity contribution is 5.87. The first-order valence-corrected chi connectivity index (χ1v) is 17.7. The number of rotatable bonds is 9. The molecule has 11 nitrogen and oxygen atoms in total. The third-order valence-electron chi connectivity index (χ3n) is 10.5. The Morgan fingerprint density at radius 3 is 2.76 bits per heavy atom. The van der Waals surface area contributed by atoms with E-state index in [1.54, 1.807) is 22.8 Å². The van der Waals surface area contributed by atoms with Crippen LogP contribution in [0.25, 0.3) is 0 Å². The first-order valence-electron chi connectivity index (χ1n) is 17.7. The lowest BCUT2D eigenvalue weighted by Crippen LogP contribution is -2.48. The summed E-state index contributed by atoms with van der Waals surface area (Å²) >= 11 is 0. The van der Waals surface area contributed by atoms with E-state index in [9.17, 15) is 22.4 Å². The second kappa shape index (κ2) is 14.5. The van der Waals surface area contributed by atoms with Crippen LogP contribution in [0.4, 0.5) is 39.1 Å². The van der Waals surface area contributed by atoms with Gasteiger partial charge in [-0.3, -0.25) is 4.79 Å². The molecule has 0 spiro atoms. The Labute approximate surface area is 309 Å². The summed E-state index contributed by atoms with van der Waals surface area (Å²) in [5, 5.41) is 0. The molecule has 1 aromatic carbocycles. The van der Waals surface area contributed by atoms with Gasteiger partial charge >= 0.3 is 12.2 Å². The number of anilines is 3. The van der Waals surface area contributed by atoms with Crippen LogP contribution in [0.1, 0.15) is 43.1 Å². The van der Waals surface area contributed by atoms with Gasteiger partial charge in [0.2, 0.25) is 5.91 Å². The molecule has 0 bridgehead atoms. The summed E-state index contributed by atoms with van der Waals surface area (Å²) in [4.78, 5) is 33.0. The van der Waals surface area contributed by atoms with E-state index >= 15 is 4.39 Å². The minimum atomic E-state index is -4.61. The van der Waals surface area contributed by atoms with Crippen molar-refractivity contribution < 1.29 is 41.0 Å². The normalized spacial score (nSPS) is 23.5. The van der Waals surface area contributed by atoms with E-state index in [0.29, 0.717) is 67.0 Å². The molecule has 0 saturated carbocycles. The molecule has 16 heteroatoms. The van der Waals surface area contributed by atoms with E-state index in [4.69, 9.17) is 30.6 Å². The van der Waals surface area contributed by atoms with Crippen molar-refractivity contribution in [2.24, 2.45) is 0 Å². The molecule has 4 aliphatic rings. The van der Waals surface area contributed by atoms with E-state index in [0.717, 1.165) is 25.1 Å². The number of hydrogen-bond acceptors (Lipinski definition) is 10. The summed E-state index contributed by atoms with van der Waals surface area (Å²) in [6.45, 7) is 7.23. The minimum absolute atomic E-state index is 0.0166. The monoisotopic (exact) mass is 753 g/mol. The van der Waals surface area contributed by atoms with Crippen LogP contribution in [-0.4, -0.2) is 103 Å². The largest absolute Gasteiger partial charge is 0.490 e. The van der Waals surface area contributed by atoms with Gasteiger partial charge < -0.3 is 33.8 Å². The molecule has 4 aliphatic heterocycles. The number of amides is 1. The number of terminal acetylenes is 1. The highest BCUT2D eigenvalue weighted by Gasteiger charge is 2.44. The Morgan fingerprint density at radius 1 is 1.22 bits per heavy atom. The third kappa shape index (κ3) is 7.03. The molecule has 0 aliphatic carbocycles. The van der Waals surface area contributed by atoms with Gasteiger partial charge in [0, 0.05) is 39.0 Å². The molecule has 0 unspecified atom stereocenters. The predicted molar refractivity (Wildman–Crippen MR) is 190 cm³/mol. The average Bonchev–Trinajstić information content (AvgIpc) is 3.75. The number of likely N-dealkylation sites (N-methyl/N-ethyl adjacent to an activating group) is 1. The van der Waals surface area contributed by atoms with E-state index in [-0.39, 0.29) is 55.7 Å². The van der Waals surface area contributed by atoms with Crippen LogP contribution in [0, 0.1) is 18.2 Å². The smallest absolute Gasteiger partial charge is 0.433 e. The summed E-state index contributed by atoms with van der Waals surface area (Å²) in [7, 11) is 1.84. The van der Waals surface area contributed by atoms with Crippen LogP contribution in [0.15, 0.2) is 43.1 Å². The lowest BCUT2D eigenvalue weighted by molar-refractivity contribution is -0.141. The number of carbonyl (C=O) groups is 1. The summed E-state index contributed by atoms with van der Waals surface area (Å²) in [6.07, 6.45) is 4.25. The minimum Gasteiger partial charge on any atom is -0.490 e. The number of halogens is 5. The van der Waals surface area contributed by atoms with Gasteiger partial charge in [-0.15, -0.1) is 6.42 Å². The highest BCUT2D eigenvalue weighted by atomic mass is 19.4. The summed E-state index contributed by atoms with van der Waals surface area (Å²) < 4.78 is 88.1. The molecule has 4 atom stereocenters. The van der Waals surface area contributed by atoms with Crippen LogP contribution < -0.4 is 28.9 Å². The number of alkyl halides is 4. The van der Waals surface area contributed by atoms with Gasteiger partial charge in [0.1, 0.15) is 43.3 Å². The fraction of sp³-hybridized carbons (Fsp3) is 0.474. The molecular weight excluding hydrogens is 713 g/mol.